The van der Waals surface area contributed by atoms with E-state index in [9.17, 15) is 4.79 Å². The molecule has 6 heteroatoms. The van der Waals surface area contributed by atoms with Crippen LogP contribution >= 0.6 is 0 Å². The molecule has 0 saturated carbocycles. The number of anilines is 2. The molecule has 0 bridgehead atoms. The Kier molecular flexibility index (Phi) is 5.48. The number of fused-ring (bicyclic) bond motifs is 1. The molecule has 1 aromatic heterocycles. The smallest absolute Gasteiger partial charge is 0.273 e. The molecular weight excluding hydrogens is 350 g/mol. The lowest BCUT2D eigenvalue weighted by atomic mass is 10.2. The van der Waals surface area contributed by atoms with Crippen LogP contribution in [0.3, 0.4) is 0 Å². The zero-order chi connectivity index (χ0) is 19.3. The van der Waals surface area contributed by atoms with Gasteiger partial charge in [-0.25, -0.2) is 9.97 Å². The summed E-state index contributed by atoms with van der Waals surface area (Å²) in [6.07, 6.45) is 2.49. The Morgan fingerprint density at radius 1 is 1.00 bits per heavy atom. The topological polar surface area (TPSA) is 70.1 Å². The zero-order valence-corrected chi connectivity index (χ0v) is 16.1. The number of hydrogen-bond acceptors (Lipinski definition) is 5. The summed E-state index contributed by atoms with van der Waals surface area (Å²) in [5.74, 6) is 0.272. The van der Waals surface area contributed by atoms with Gasteiger partial charge in [-0.15, -0.1) is 0 Å². The molecule has 0 unspecified atom stereocenters. The highest BCUT2D eigenvalue weighted by molar-refractivity contribution is 5.99. The molecule has 2 heterocycles. The fourth-order valence-corrected chi connectivity index (χ4v) is 3.44. The van der Waals surface area contributed by atoms with Gasteiger partial charge in [0.2, 0.25) is 0 Å². The number of likely N-dealkylation sites (tertiary alicyclic amines) is 1. The van der Waals surface area contributed by atoms with Gasteiger partial charge in [0.15, 0.2) is 11.5 Å². The van der Waals surface area contributed by atoms with E-state index in [0.717, 1.165) is 30.8 Å². The first-order valence-electron chi connectivity index (χ1n) is 9.80. The molecule has 0 aliphatic carbocycles. The Bertz CT molecular complexity index is 964. The van der Waals surface area contributed by atoms with E-state index in [1.54, 1.807) is 0 Å². The van der Waals surface area contributed by atoms with Crippen LogP contribution in [0.5, 0.6) is 0 Å². The van der Waals surface area contributed by atoms with Crippen LogP contribution in [0.2, 0.25) is 0 Å². The first-order chi connectivity index (χ1) is 13.7. The SMILES string of the molecule is Cc1ccc(Nc2nc3ccccc3nc2C(=O)NCCN2CCCC2)cc1. The molecule has 1 amide bonds. The van der Waals surface area contributed by atoms with Crippen LogP contribution in [-0.2, 0) is 0 Å². The van der Waals surface area contributed by atoms with Crippen LogP contribution in [0.1, 0.15) is 28.9 Å². The third kappa shape index (κ3) is 4.28. The molecule has 2 N–H and O–H groups in total. The van der Waals surface area contributed by atoms with Gasteiger partial charge in [0.1, 0.15) is 0 Å². The van der Waals surface area contributed by atoms with Crippen LogP contribution < -0.4 is 10.6 Å². The van der Waals surface area contributed by atoms with E-state index in [2.05, 4.69) is 25.5 Å². The van der Waals surface area contributed by atoms with E-state index in [4.69, 9.17) is 0 Å². The summed E-state index contributed by atoms with van der Waals surface area (Å²) in [6.45, 7) is 5.75. The predicted octanol–water partition coefficient (Wildman–Crippen LogP) is 3.51. The number of amides is 1. The first kappa shape index (κ1) is 18.4. The predicted molar refractivity (Wildman–Crippen MR) is 112 cm³/mol. The molecule has 4 rings (SSSR count). The Hall–Kier alpha value is -2.99. The van der Waals surface area contributed by atoms with E-state index >= 15 is 0 Å². The normalized spacial score (nSPS) is 14.3. The van der Waals surface area contributed by atoms with Crippen molar-refractivity contribution in [2.45, 2.75) is 19.8 Å². The molecule has 144 valence electrons. The number of hydrogen-bond donors (Lipinski definition) is 2. The lowest BCUT2D eigenvalue weighted by Gasteiger charge is -2.16. The van der Waals surface area contributed by atoms with Gasteiger partial charge < -0.3 is 15.5 Å². The third-order valence-corrected chi connectivity index (χ3v) is 5.01. The Morgan fingerprint density at radius 2 is 1.68 bits per heavy atom. The highest BCUT2D eigenvalue weighted by atomic mass is 16.1. The number of nitrogens with zero attached hydrogens (tertiary/aromatic N) is 3. The number of benzene rings is 2. The highest BCUT2D eigenvalue weighted by Gasteiger charge is 2.17. The van der Waals surface area contributed by atoms with Crippen LogP contribution in [0.25, 0.3) is 11.0 Å². The summed E-state index contributed by atoms with van der Waals surface area (Å²) in [6, 6.07) is 15.6. The Morgan fingerprint density at radius 3 is 2.39 bits per heavy atom. The maximum atomic E-state index is 12.9. The monoisotopic (exact) mass is 375 g/mol. The molecule has 1 fully saturated rings. The lowest BCUT2D eigenvalue weighted by Crippen LogP contribution is -2.34. The summed E-state index contributed by atoms with van der Waals surface area (Å²) >= 11 is 0. The minimum Gasteiger partial charge on any atom is -0.349 e. The van der Waals surface area contributed by atoms with Gasteiger partial charge in [-0.1, -0.05) is 29.8 Å². The quantitative estimate of drug-likeness (QED) is 0.690. The van der Waals surface area contributed by atoms with E-state index in [0.29, 0.717) is 23.6 Å². The number of nitrogens with one attached hydrogen (secondary N) is 2. The van der Waals surface area contributed by atoms with Crippen molar-refractivity contribution in [1.82, 2.24) is 20.2 Å². The molecule has 28 heavy (non-hydrogen) atoms. The summed E-state index contributed by atoms with van der Waals surface area (Å²) in [4.78, 5) is 24.5. The minimum absolute atomic E-state index is 0.202. The highest BCUT2D eigenvalue weighted by Crippen LogP contribution is 2.21. The van der Waals surface area contributed by atoms with Crippen LogP contribution in [0, 0.1) is 6.92 Å². The van der Waals surface area contributed by atoms with Gasteiger partial charge >= 0.3 is 0 Å². The van der Waals surface area contributed by atoms with Crippen LogP contribution in [-0.4, -0.2) is 47.0 Å². The second kappa shape index (κ2) is 8.35. The van der Waals surface area contributed by atoms with Crippen molar-refractivity contribution in [2.24, 2.45) is 0 Å². The largest absolute Gasteiger partial charge is 0.349 e. The van der Waals surface area contributed by atoms with Crippen molar-refractivity contribution < 1.29 is 4.79 Å². The van der Waals surface area contributed by atoms with Crippen molar-refractivity contribution in [1.29, 1.82) is 0 Å². The van der Waals surface area contributed by atoms with E-state index in [1.807, 2.05) is 55.5 Å². The second-order valence-electron chi connectivity index (χ2n) is 7.21. The number of rotatable bonds is 6. The molecule has 0 radical (unpaired) electrons. The fourth-order valence-electron chi connectivity index (χ4n) is 3.44. The molecular formula is C22H25N5O. The fraction of sp³-hybridized carbons (Fsp3) is 0.318. The molecule has 3 aromatic rings. The summed E-state index contributed by atoms with van der Waals surface area (Å²) in [5.41, 5.74) is 3.84. The molecule has 0 atom stereocenters. The van der Waals surface area contributed by atoms with Crippen LogP contribution in [0.4, 0.5) is 11.5 Å². The van der Waals surface area contributed by atoms with E-state index < -0.39 is 0 Å². The number of carbonyl (C=O) groups is 1. The number of carbonyl (C=O) groups excluding carboxylic acids is 1. The summed E-state index contributed by atoms with van der Waals surface area (Å²) < 4.78 is 0. The third-order valence-electron chi connectivity index (χ3n) is 5.01. The second-order valence-corrected chi connectivity index (χ2v) is 7.21. The zero-order valence-electron chi connectivity index (χ0n) is 16.1. The summed E-state index contributed by atoms with van der Waals surface area (Å²) in [5, 5.41) is 6.26. The van der Waals surface area contributed by atoms with Crippen molar-refractivity contribution >= 4 is 28.4 Å². The molecule has 6 nitrogen and oxygen atoms in total. The van der Waals surface area contributed by atoms with Crippen molar-refractivity contribution in [2.75, 3.05) is 31.5 Å². The maximum Gasteiger partial charge on any atom is 0.273 e. The van der Waals surface area contributed by atoms with E-state index in [-0.39, 0.29) is 5.91 Å². The van der Waals surface area contributed by atoms with Gasteiger partial charge in [-0.05, 0) is 57.1 Å². The molecule has 2 aromatic carbocycles. The Labute approximate surface area is 165 Å². The summed E-state index contributed by atoms with van der Waals surface area (Å²) in [7, 11) is 0. The molecule has 1 aliphatic rings. The number of para-hydroxylation sites is 2. The lowest BCUT2D eigenvalue weighted by molar-refractivity contribution is 0.0946. The van der Waals surface area contributed by atoms with Gasteiger partial charge in [-0.3, -0.25) is 4.79 Å². The molecule has 1 saturated heterocycles. The number of aromatic nitrogens is 2. The van der Waals surface area contributed by atoms with Crippen molar-refractivity contribution in [3.8, 4) is 0 Å². The van der Waals surface area contributed by atoms with Gasteiger partial charge in [0, 0.05) is 18.8 Å². The van der Waals surface area contributed by atoms with Crippen molar-refractivity contribution in [3.05, 3.63) is 59.8 Å². The van der Waals surface area contributed by atoms with Crippen molar-refractivity contribution in [3.63, 3.8) is 0 Å². The average Bonchev–Trinajstić information content (AvgIpc) is 3.22. The van der Waals surface area contributed by atoms with E-state index in [1.165, 1.54) is 18.4 Å². The minimum atomic E-state index is -0.202. The molecule has 0 spiro atoms. The van der Waals surface area contributed by atoms with Gasteiger partial charge in [0.25, 0.3) is 5.91 Å². The van der Waals surface area contributed by atoms with Crippen LogP contribution in [0.15, 0.2) is 48.5 Å². The Balaban J connectivity index is 1.56. The maximum absolute atomic E-state index is 12.9. The molecule has 1 aliphatic heterocycles. The number of aryl methyl sites for hydroxylation is 1. The average molecular weight is 375 g/mol. The standard InChI is InChI=1S/C22H25N5O/c1-16-8-10-17(11-9-16)24-21-20(25-18-6-2-3-7-19(18)26-21)22(28)23-12-15-27-13-4-5-14-27/h2-3,6-11H,4-5,12-15H2,1H3,(H,23,28)(H,24,26). The first-order valence-corrected chi connectivity index (χ1v) is 9.80. The van der Waals surface area contributed by atoms with Gasteiger partial charge in [0.05, 0.1) is 11.0 Å². The van der Waals surface area contributed by atoms with Gasteiger partial charge in [-0.2, -0.15) is 0 Å².